The zero-order valence-corrected chi connectivity index (χ0v) is 18.7. The Morgan fingerprint density at radius 3 is 2.58 bits per heavy atom. The van der Waals surface area contributed by atoms with E-state index in [2.05, 4.69) is 48.4 Å². The lowest BCUT2D eigenvalue weighted by Crippen LogP contribution is -2.46. The minimum Gasteiger partial charge on any atom is -0.450 e. The van der Waals surface area contributed by atoms with E-state index in [1.54, 1.807) is 18.0 Å². The Hall–Kier alpha value is -2.83. The van der Waals surface area contributed by atoms with Gasteiger partial charge in [-0.05, 0) is 37.7 Å². The Bertz CT molecular complexity index is 852. The molecule has 1 aromatic carbocycles. The Morgan fingerprint density at radius 1 is 1.23 bits per heavy atom. The summed E-state index contributed by atoms with van der Waals surface area (Å²) in [5.74, 6) is 1.89. The molecule has 7 nitrogen and oxygen atoms in total. The molecule has 0 spiro atoms. The molecule has 0 bridgehead atoms. The van der Waals surface area contributed by atoms with Crippen molar-refractivity contribution in [2.75, 3.05) is 19.7 Å². The molecule has 0 saturated carbocycles. The van der Waals surface area contributed by atoms with Gasteiger partial charge in [-0.25, -0.2) is 9.78 Å². The number of carbonyl (C=O) groups is 2. The van der Waals surface area contributed by atoms with Crippen molar-refractivity contribution >= 4 is 12.0 Å². The van der Waals surface area contributed by atoms with Crippen molar-refractivity contribution in [3.8, 4) is 11.3 Å². The first-order valence-corrected chi connectivity index (χ1v) is 11.2. The molecule has 0 aliphatic carbocycles. The number of hydrogen-bond donors (Lipinski definition) is 1. The van der Waals surface area contributed by atoms with Crippen LogP contribution in [0.5, 0.6) is 0 Å². The van der Waals surface area contributed by atoms with E-state index in [9.17, 15) is 9.59 Å². The van der Waals surface area contributed by atoms with E-state index in [4.69, 9.17) is 9.15 Å². The van der Waals surface area contributed by atoms with Crippen LogP contribution in [0.25, 0.3) is 11.3 Å². The van der Waals surface area contributed by atoms with Crippen LogP contribution in [0.15, 0.2) is 34.9 Å². The number of rotatable bonds is 8. The molecule has 3 rings (SSSR count). The topological polar surface area (TPSA) is 84.7 Å². The Labute approximate surface area is 184 Å². The number of nitrogens with zero attached hydrogens (tertiary/aromatic N) is 2. The number of amides is 2. The monoisotopic (exact) mass is 427 g/mol. The van der Waals surface area contributed by atoms with Crippen LogP contribution in [0.1, 0.15) is 51.5 Å². The number of ether oxygens (including phenoxy) is 1. The first-order valence-electron chi connectivity index (χ1n) is 11.2. The fourth-order valence-electron chi connectivity index (χ4n) is 3.78. The molecule has 1 fully saturated rings. The van der Waals surface area contributed by atoms with Crippen LogP contribution in [0.4, 0.5) is 4.79 Å². The Morgan fingerprint density at radius 2 is 1.94 bits per heavy atom. The highest BCUT2D eigenvalue weighted by atomic mass is 16.6. The quantitative estimate of drug-likeness (QED) is 0.682. The van der Waals surface area contributed by atoms with Gasteiger partial charge in [0.15, 0.2) is 11.7 Å². The van der Waals surface area contributed by atoms with Gasteiger partial charge in [0.05, 0.1) is 12.8 Å². The second-order valence-corrected chi connectivity index (χ2v) is 8.44. The molecule has 31 heavy (non-hydrogen) atoms. The van der Waals surface area contributed by atoms with E-state index in [1.807, 2.05) is 0 Å². The molecule has 0 radical (unpaired) electrons. The summed E-state index contributed by atoms with van der Waals surface area (Å²) in [4.78, 5) is 30.1. The highest BCUT2D eigenvalue weighted by Gasteiger charge is 2.24. The molecule has 2 heterocycles. The summed E-state index contributed by atoms with van der Waals surface area (Å²) in [6.45, 7) is 7.79. The molecule has 7 heteroatoms. The third kappa shape index (κ3) is 6.84. The fraction of sp³-hybridized carbons (Fsp3) is 0.542. The summed E-state index contributed by atoms with van der Waals surface area (Å²) in [5.41, 5.74) is 2.30. The van der Waals surface area contributed by atoms with Gasteiger partial charge in [-0.1, -0.05) is 38.1 Å². The highest BCUT2D eigenvalue weighted by molar-refractivity contribution is 5.76. The van der Waals surface area contributed by atoms with Crippen molar-refractivity contribution in [2.24, 2.45) is 5.92 Å². The Balaban J connectivity index is 1.42. The molecule has 168 valence electrons. The van der Waals surface area contributed by atoms with Crippen LogP contribution in [-0.4, -0.2) is 47.6 Å². The van der Waals surface area contributed by atoms with Crippen LogP contribution >= 0.6 is 0 Å². The summed E-state index contributed by atoms with van der Waals surface area (Å²) >= 11 is 0. The number of piperidine rings is 1. The Kier molecular flexibility index (Phi) is 8.09. The van der Waals surface area contributed by atoms with Gasteiger partial charge >= 0.3 is 6.09 Å². The number of benzene rings is 1. The van der Waals surface area contributed by atoms with E-state index in [0.717, 1.165) is 30.6 Å². The average molecular weight is 428 g/mol. The first-order chi connectivity index (χ1) is 14.9. The van der Waals surface area contributed by atoms with E-state index < -0.39 is 0 Å². The molecule has 2 amide bonds. The van der Waals surface area contributed by atoms with E-state index in [1.165, 1.54) is 5.56 Å². The van der Waals surface area contributed by atoms with Gasteiger partial charge in [0.2, 0.25) is 5.91 Å². The number of oxazole rings is 1. The SMILES string of the molecule is CCOC(=O)N1CCC(NC(=O)CCc2ncc(-c3ccc(CC(C)C)cc3)o2)CC1. The minimum atomic E-state index is -0.276. The smallest absolute Gasteiger partial charge is 0.409 e. The molecule has 1 saturated heterocycles. The standard InChI is InChI=1S/C24H33N3O4/c1-4-30-24(29)27-13-11-20(12-14-27)26-22(28)9-10-23-25-16-21(31-23)19-7-5-18(6-8-19)15-17(2)3/h5-8,16-17,20H,4,9-15H2,1-3H3,(H,26,28). The van der Waals surface area contributed by atoms with Crippen molar-refractivity contribution in [1.82, 2.24) is 15.2 Å². The zero-order valence-electron chi connectivity index (χ0n) is 18.7. The molecule has 2 aromatic rings. The molecular formula is C24H33N3O4. The van der Waals surface area contributed by atoms with Crippen LogP contribution in [0, 0.1) is 5.92 Å². The predicted molar refractivity (Wildman–Crippen MR) is 119 cm³/mol. The first kappa shape index (κ1) is 22.8. The molecule has 0 unspecified atom stereocenters. The number of aromatic nitrogens is 1. The lowest BCUT2D eigenvalue weighted by molar-refractivity contribution is -0.122. The highest BCUT2D eigenvalue weighted by Crippen LogP contribution is 2.22. The minimum absolute atomic E-state index is 0.0210. The summed E-state index contributed by atoms with van der Waals surface area (Å²) in [6.07, 6.45) is 4.75. The van der Waals surface area contributed by atoms with Crippen LogP contribution in [0.3, 0.4) is 0 Å². The van der Waals surface area contributed by atoms with Gasteiger partial charge < -0.3 is 19.4 Å². The number of nitrogens with one attached hydrogen (secondary N) is 1. The molecule has 1 aromatic heterocycles. The van der Waals surface area contributed by atoms with Crippen LogP contribution < -0.4 is 5.32 Å². The normalized spacial score (nSPS) is 14.6. The molecule has 1 aliphatic rings. The van der Waals surface area contributed by atoms with E-state index in [-0.39, 0.29) is 18.0 Å². The number of hydrogen-bond acceptors (Lipinski definition) is 5. The lowest BCUT2D eigenvalue weighted by Gasteiger charge is -2.31. The molecule has 1 N–H and O–H groups in total. The van der Waals surface area contributed by atoms with Crippen molar-refractivity contribution in [2.45, 2.75) is 58.9 Å². The molecule has 0 atom stereocenters. The number of aryl methyl sites for hydroxylation is 1. The maximum Gasteiger partial charge on any atom is 0.409 e. The summed E-state index contributed by atoms with van der Waals surface area (Å²) in [5, 5.41) is 3.05. The predicted octanol–water partition coefficient (Wildman–Crippen LogP) is 4.21. The van der Waals surface area contributed by atoms with Crippen molar-refractivity contribution in [1.29, 1.82) is 0 Å². The number of carbonyl (C=O) groups excluding carboxylic acids is 2. The van der Waals surface area contributed by atoms with Gasteiger partial charge in [-0.2, -0.15) is 0 Å². The molecule has 1 aliphatic heterocycles. The van der Waals surface area contributed by atoms with Crippen molar-refractivity contribution < 1.29 is 18.7 Å². The van der Waals surface area contributed by atoms with Gasteiger partial charge in [0.25, 0.3) is 0 Å². The van der Waals surface area contributed by atoms with Gasteiger partial charge in [-0.3, -0.25) is 4.79 Å². The maximum absolute atomic E-state index is 12.3. The second-order valence-electron chi connectivity index (χ2n) is 8.44. The van der Waals surface area contributed by atoms with Gasteiger partial charge in [-0.15, -0.1) is 0 Å². The van der Waals surface area contributed by atoms with E-state index >= 15 is 0 Å². The van der Waals surface area contributed by atoms with Crippen molar-refractivity contribution in [3.63, 3.8) is 0 Å². The van der Waals surface area contributed by atoms with Crippen LogP contribution in [-0.2, 0) is 22.4 Å². The summed E-state index contributed by atoms with van der Waals surface area (Å²) < 4.78 is 10.9. The molecular weight excluding hydrogens is 394 g/mol. The number of likely N-dealkylation sites (tertiary alicyclic amines) is 1. The fourth-order valence-corrected chi connectivity index (χ4v) is 3.78. The van der Waals surface area contributed by atoms with Gasteiger partial charge in [0, 0.05) is 37.5 Å². The average Bonchev–Trinajstić information content (AvgIpc) is 3.22. The van der Waals surface area contributed by atoms with Crippen molar-refractivity contribution in [3.05, 3.63) is 41.9 Å². The second kappa shape index (κ2) is 11.0. The van der Waals surface area contributed by atoms with E-state index in [0.29, 0.717) is 44.3 Å². The zero-order chi connectivity index (χ0) is 22.2. The summed E-state index contributed by atoms with van der Waals surface area (Å²) in [7, 11) is 0. The largest absolute Gasteiger partial charge is 0.450 e. The third-order valence-electron chi connectivity index (χ3n) is 5.39. The lowest BCUT2D eigenvalue weighted by atomic mass is 10.0. The van der Waals surface area contributed by atoms with Gasteiger partial charge in [0.1, 0.15) is 0 Å². The summed E-state index contributed by atoms with van der Waals surface area (Å²) in [6, 6.07) is 8.44. The third-order valence-corrected chi connectivity index (χ3v) is 5.39. The van der Waals surface area contributed by atoms with Crippen LogP contribution in [0.2, 0.25) is 0 Å². The maximum atomic E-state index is 12.3.